The summed E-state index contributed by atoms with van der Waals surface area (Å²) in [6, 6.07) is 8.43. The fourth-order valence-electron chi connectivity index (χ4n) is 2.37. The zero-order valence-electron chi connectivity index (χ0n) is 14.3. The van der Waals surface area contributed by atoms with E-state index >= 15 is 0 Å². The molecule has 1 N–H and O–H groups in total. The lowest BCUT2D eigenvalue weighted by atomic mass is 10.1. The molecule has 0 aliphatic rings. The number of halogens is 2. The highest BCUT2D eigenvalue weighted by atomic mass is 35.5. The van der Waals surface area contributed by atoms with E-state index in [1.807, 2.05) is 0 Å². The second-order valence-corrected chi connectivity index (χ2v) is 8.35. The average molecular weight is 432 g/mol. The maximum Gasteiger partial charge on any atom is 0.274 e. The number of nitrogens with one attached hydrogen (secondary N) is 1. The molecule has 0 heterocycles. The number of carbonyl (C=O) groups excluding carboxylic acids is 1. The second-order valence-electron chi connectivity index (χ2n) is 5.63. The number of carbonyl (C=O) groups is 1. The van der Waals surface area contributed by atoms with E-state index in [0.717, 1.165) is 10.6 Å². The summed E-state index contributed by atoms with van der Waals surface area (Å²) in [5.41, 5.74) is 0.274. The van der Waals surface area contributed by atoms with E-state index in [9.17, 15) is 23.3 Å². The van der Waals surface area contributed by atoms with Crippen LogP contribution >= 0.6 is 23.2 Å². The molecule has 2 aromatic rings. The number of sulfonamides is 1. The lowest BCUT2D eigenvalue weighted by molar-refractivity contribution is -0.385. The Labute approximate surface area is 165 Å². The molecular weight excluding hydrogens is 417 g/mol. The molecule has 2 rings (SSSR count). The Hall–Kier alpha value is -2.36. The molecule has 0 fully saturated rings. The minimum atomic E-state index is -3.88. The van der Waals surface area contributed by atoms with Crippen molar-refractivity contribution >= 4 is 56.2 Å². The third-order valence-corrected chi connectivity index (χ3v) is 5.50. The molecule has 0 unspecified atom stereocenters. The molecular formula is C16H15Cl2N3O5S. The number of amides is 1. The molecule has 0 aliphatic heterocycles. The van der Waals surface area contributed by atoms with E-state index < -0.39 is 27.4 Å². The van der Waals surface area contributed by atoms with Crippen molar-refractivity contribution in [1.29, 1.82) is 0 Å². The number of anilines is 2. The Balaban J connectivity index is 2.33. The van der Waals surface area contributed by atoms with Gasteiger partial charge in [0.1, 0.15) is 6.54 Å². The van der Waals surface area contributed by atoms with Crippen molar-refractivity contribution < 1.29 is 18.1 Å². The first-order valence-corrected chi connectivity index (χ1v) is 10.1. The third kappa shape index (κ3) is 5.09. The van der Waals surface area contributed by atoms with Gasteiger partial charge < -0.3 is 5.32 Å². The fraction of sp³-hybridized carbons (Fsp3) is 0.188. The van der Waals surface area contributed by atoms with Gasteiger partial charge in [-0.3, -0.25) is 19.2 Å². The summed E-state index contributed by atoms with van der Waals surface area (Å²) in [7, 11) is -3.88. The van der Waals surface area contributed by atoms with Gasteiger partial charge in [-0.1, -0.05) is 29.3 Å². The summed E-state index contributed by atoms with van der Waals surface area (Å²) in [4.78, 5) is 22.8. The molecule has 0 radical (unpaired) electrons. The summed E-state index contributed by atoms with van der Waals surface area (Å²) >= 11 is 11.7. The predicted molar refractivity (Wildman–Crippen MR) is 105 cm³/mol. The Bertz CT molecular complexity index is 1010. The molecule has 8 nitrogen and oxygen atoms in total. The zero-order chi connectivity index (χ0) is 20.4. The Kier molecular flexibility index (Phi) is 6.30. The molecule has 0 bridgehead atoms. The van der Waals surface area contributed by atoms with E-state index in [0.29, 0.717) is 10.7 Å². The fourth-order valence-corrected chi connectivity index (χ4v) is 3.57. The summed E-state index contributed by atoms with van der Waals surface area (Å²) in [5, 5.41) is 14.2. The van der Waals surface area contributed by atoms with E-state index in [2.05, 4.69) is 5.32 Å². The van der Waals surface area contributed by atoms with Crippen molar-refractivity contribution in [3.05, 3.63) is 62.1 Å². The smallest absolute Gasteiger partial charge is 0.274 e. The monoisotopic (exact) mass is 431 g/mol. The van der Waals surface area contributed by atoms with E-state index in [1.54, 1.807) is 0 Å². The van der Waals surface area contributed by atoms with Crippen LogP contribution in [0.5, 0.6) is 0 Å². The first-order valence-electron chi connectivity index (χ1n) is 7.47. The van der Waals surface area contributed by atoms with Crippen LogP contribution in [0.3, 0.4) is 0 Å². The quantitative estimate of drug-likeness (QED) is 0.554. The normalized spacial score (nSPS) is 11.1. The molecule has 144 valence electrons. The van der Waals surface area contributed by atoms with Crippen LogP contribution in [0.2, 0.25) is 10.0 Å². The van der Waals surface area contributed by atoms with Crippen molar-refractivity contribution in [3.63, 3.8) is 0 Å². The molecule has 11 heteroatoms. The van der Waals surface area contributed by atoms with Crippen LogP contribution in [0.25, 0.3) is 0 Å². The van der Waals surface area contributed by atoms with Crippen LogP contribution in [-0.2, 0) is 14.8 Å². The first kappa shape index (κ1) is 20.9. The number of rotatable bonds is 6. The van der Waals surface area contributed by atoms with Crippen molar-refractivity contribution in [2.45, 2.75) is 6.92 Å². The van der Waals surface area contributed by atoms with Gasteiger partial charge in [-0.05, 0) is 31.2 Å². The van der Waals surface area contributed by atoms with E-state index in [1.165, 1.54) is 43.3 Å². The minimum Gasteiger partial charge on any atom is -0.324 e. The van der Waals surface area contributed by atoms with Crippen molar-refractivity contribution in [3.8, 4) is 0 Å². The maximum absolute atomic E-state index is 12.3. The highest BCUT2D eigenvalue weighted by molar-refractivity contribution is 7.92. The number of nitro benzene ring substituents is 1. The second kappa shape index (κ2) is 8.12. The van der Waals surface area contributed by atoms with E-state index in [-0.39, 0.29) is 22.0 Å². The van der Waals surface area contributed by atoms with Gasteiger partial charge in [0.25, 0.3) is 5.69 Å². The molecule has 2 aromatic carbocycles. The maximum atomic E-state index is 12.3. The topological polar surface area (TPSA) is 110 Å². The molecule has 1 amide bonds. The molecule has 0 spiro atoms. The van der Waals surface area contributed by atoms with Crippen LogP contribution < -0.4 is 9.62 Å². The highest BCUT2D eigenvalue weighted by Crippen LogP contribution is 2.30. The summed E-state index contributed by atoms with van der Waals surface area (Å²) in [5.74, 6) is -0.648. The SMILES string of the molecule is Cc1c(N(CC(=O)Nc2ccc(Cl)c(Cl)c2)S(C)(=O)=O)cccc1[N+](=O)[O-]. The summed E-state index contributed by atoms with van der Waals surface area (Å²) in [6.07, 6.45) is 0.914. The van der Waals surface area contributed by atoms with Gasteiger partial charge in [-0.2, -0.15) is 0 Å². The minimum absolute atomic E-state index is 0.0518. The van der Waals surface area contributed by atoms with Crippen LogP contribution in [0.1, 0.15) is 5.56 Å². The highest BCUT2D eigenvalue weighted by Gasteiger charge is 2.25. The van der Waals surface area contributed by atoms with Gasteiger partial charge in [-0.25, -0.2) is 8.42 Å². The van der Waals surface area contributed by atoms with Crippen molar-refractivity contribution in [2.75, 3.05) is 22.4 Å². The first-order chi connectivity index (χ1) is 12.5. The van der Waals surface area contributed by atoms with Crippen molar-refractivity contribution in [1.82, 2.24) is 0 Å². The molecule has 0 saturated carbocycles. The Morgan fingerprint density at radius 3 is 2.44 bits per heavy atom. The molecule has 27 heavy (non-hydrogen) atoms. The molecule has 0 saturated heterocycles. The average Bonchev–Trinajstić information content (AvgIpc) is 2.55. The molecule has 0 aromatic heterocycles. The molecule has 0 atom stereocenters. The predicted octanol–water partition coefficient (Wildman–Crippen LogP) is 3.61. The van der Waals surface area contributed by atoms with Crippen LogP contribution in [0.15, 0.2) is 36.4 Å². The van der Waals surface area contributed by atoms with Crippen molar-refractivity contribution in [2.24, 2.45) is 0 Å². The Morgan fingerprint density at radius 2 is 1.89 bits per heavy atom. The lowest BCUT2D eigenvalue weighted by Gasteiger charge is -2.23. The lowest BCUT2D eigenvalue weighted by Crippen LogP contribution is -2.38. The largest absolute Gasteiger partial charge is 0.324 e. The number of hydrogen-bond donors (Lipinski definition) is 1. The van der Waals surface area contributed by atoms with Gasteiger partial charge in [0.15, 0.2) is 0 Å². The molecule has 0 aliphatic carbocycles. The Morgan fingerprint density at radius 1 is 1.22 bits per heavy atom. The van der Waals surface area contributed by atoms with Gasteiger partial charge in [0, 0.05) is 11.8 Å². The third-order valence-electron chi connectivity index (χ3n) is 3.63. The number of benzene rings is 2. The van der Waals surface area contributed by atoms with Gasteiger partial charge >= 0.3 is 0 Å². The summed E-state index contributed by atoms with van der Waals surface area (Å²) in [6.45, 7) is 0.851. The van der Waals surface area contributed by atoms with Gasteiger partial charge in [-0.15, -0.1) is 0 Å². The number of nitro groups is 1. The zero-order valence-corrected chi connectivity index (χ0v) is 16.6. The number of hydrogen-bond acceptors (Lipinski definition) is 5. The van der Waals surface area contributed by atoms with Gasteiger partial charge in [0.2, 0.25) is 15.9 Å². The van der Waals surface area contributed by atoms with E-state index in [4.69, 9.17) is 23.2 Å². The van der Waals surface area contributed by atoms with Crippen LogP contribution in [-0.4, -0.2) is 32.0 Å². The van der Waals surface area contributed by atoms with Crippen LogP contribution in [0, 0.1) is 17.0 Å². The number of nitrogens with zero attached hydrogens (tertiary/aromatic N) is 2. The standard InChI is InChI=1S/C16H15Cl2N3O5S/c1-10-14(4-3-5-15(10)21(23)24)20(27(2,25)26)9-16(22)19-11-6-7-12(17)13(18)8-11/h3-8H,9H2,1-2H3,(H,19,22). The summed E-state index contributed by atoms with van der Waals surface area (Å²) < 4.78 is 25.2. The van der Waals surface area contributed by atoms with Gasteiger partial charge in [0.05, 0.1) is 32.5 Å². The van der Waals surface area contributed by atoms with Crippen LogP contribution in [0.4, 0.5) is 17.1 Å².